The number of benzene rings is 2. The van der Waals surface area contributed by atoms with Crippen molar-refractivity contribution in [2.45, 2.75) is 17.0 Å². The molecule has 2 aromatic carbocycles. The summed E-state index contributed by atoms with van der Waals surface area (Å²) in [6.07, 6.45) is 0. The van der Waals surface area contributed by atoms with Gasteiger partial charge in [0.15, 0.2) is 5.82 Å². The van der Waals surface area contributed by atoms with Gasteiger partial charge in [-0.15, -0.1) is 10.2 Å². The number of hydrogen-bond donors (Lipinski definition) is 2. The summed E-state index contributed by atoms with van der Waals surface area (Å²) in [4.78, 5) is 11.8. The van der Waals surface area contributed by atoms with Gasteiger partial charge in [0.05, 0.1) is 0 Å². The lowest BCUT2D eigenvalue weighted by Gasteiger charge is -2.12. The zero-order valence-electron chi connectivity index (χ0n) is 13.8. The number of amides is 1. The smallest absolute Gasteiger partial charge is 0.387 e. The quantitative estimate of drug-likeness (QED) is 0.473. The third-order valence-corrected chi connectivity index (χ3v) is 4.82. The lowest BCUT2D eigenvalue weighted by molar-refractivity contribution is -0.117. The molecule has 1 heterocycles. The first kappa shape index (κ1) is 18.6. The second-order valence-corrected chi connectivity index (χ2v) is 6.46. The van der Waals surface area contributed by atoms with Gasteiger partial charge < -0.3 is 16.3 Å². The van der Waals surface area contributed by atoms with Crippen molar-refractivity contribution in [2.24, 2.45) is 5.73 Å². The molecule has 3 rings (SSSR count). The van der Waals surface area contributed by atoms with Gasteiger partial charge in [0.25, 0.3) is 0 Å². The number of aromatic nitrogens is 3. The minimum absolute atomic E-state index is 0.0179. The van der Waals surface area contributed by atoms with Gasteiger partial charge >= 0.3 is 6.61 Å². The molecule has 0 bridgehead atoms. The molecule has 0 saturated carbocycles. The van der Waals surface area contributed by atoms with Gasteiger partial charge in [-0.3, -0.25) is 4.79 Å². The van der Waals surface area contributed by atoms with E-state index in [-0.39, 0.29) is 10.9 Å². The Labute approximate surface area is 157 Å². The van der Waals surface area contributed by atoms with Gasteiger partial charge in [-0.25, -0.2) is 4.68 Å². The average molecular weight is 391 g/mol. The van der Waals surface area contributed by atoms with Crippen molar-refractivity contribution in [2.75, 3.05) is 5.84 Å². The van der Waals surface area contributed by atoms with Crippen LogP contribution < -0.4 is 16.3 Å². The van der Waals surface area contributed by atoms with Crippen molar-refractivity contribution in [3.05, 3.63) is 60.2 Å². The van der Waals surface area contributed by atoms with Crippen LogP contribution in [0.3, 0.4) is 0 Å². The van der Waals surface area contributed by atoms with Crippen LogP contribution in [0.1, 0.15) is 10.8 Å². The second-order valence-electron chi connectivity index (χ2n) is 5.39. The highest BCUT2D eigenvalue weighted by atomic mass is 32.2. The molecule has 1 unspecified atom stereocenters. The number of ether oxygens (including phenoxy) is 1. The molecule has 0 aliphatic rings. The van der Waals surface area contributed by atoms with Gasteiger partial charge in [0.1, 0.15) is 11.0 Å². The molecule has 4 N–H and O–H groups in total. The number of nitrogen functional groups attached to an aromatic ring is 1. The highest BCUT2D eigenvalue weighted by molar-refractivity contribution is 8.00. The van der Waals surface area contributed by atoms with E-state index in [2.05, 4.69) is 14.9 Å². The molecule has 0 fully saturated rings. The van der Waals surface area contributed by atoms with Gasteiger partial charge in [-0.2, -0.15) is 8.78 Å². The summed E-state index contributed by atoms with van der Waals surface area (Å²) >= 11 is 1.07. The van der Waals surface area contributed by atoms with E-state index in [1.165, 1.54) is 28.9 Å². The molecule has 0 aliphatic heterocycles. The Morgan fingerprint density at radius 1 is 1.07 bits per heavy atom. The first-order valence-electron chi connectivity index (χ1n) is 7.72. The molecule has 10 heteroatoms. The minimum atomic E-state index is -2.90. The van der Waals surface area contributed by atoms with Crippen LogP contribution in [0.4, 0.5) is 8.78 Å². The standard InChI is InChI=1S/C17H15F2N5O2S/c18-16(19)26-12-8-6-11(7-9-12)15-22-23-17(24(15)21)27-13(14(20)25)10-4-2-1-3-5-10/h1-9,13,16H,21H2,(H2,20,25). The van der Waals surface area contributed by atoms with Crippen LogP contribution >= 0.6 is 11.8 Å². The van der Waals surface area contributed by atoms with E-state index >= 15 is 0 Å². The summed E-state index contributed by atoms with van der Waals surface area (Å²) in [6, 6.07) is 14.8. The van der Waals surface area contributed by atoms with Crippen LogP contribution in [0.5, 0.6) is 5.75 Å². The Bertz CT molecular complexity index is 919. The normalized spacial score (nSPS) is 12.1. The molecule has 1 amide bonds. The Morgan fingerprint density at radius 2 is 1.74 bits per heavy atom. The summed E-state index contributed by atoms with van der Waals surface area (Å²) in [6.45, 7) is -2.90. The van der Waals surface area contributed by atoms with E-state index in [9.17, 15) is 13.6 Å². The molecule has 7 nitrogen and oxygen atoms in total. The largest absolute Gasteiger partial charge is 0.435 e. The van der Waals surface area contributed by atoms with Crippen LogP contribution in [-0.2, 0) is 4.79 Å². The topological polar surface area (TPSA) is 109 Å². The van der Waals surface area contributed by atoms with Crippen molar-refractivity contribution in [3.8, 4) is 17.1 Å². The Hall–Kier alpha value is -3.14. The highest BCUT2D eigenvalue weighted by Crippen LogP contribution is 2.34. The molecule has 27 heavy (non-hydrogen) atoms. The number of carbonyl (C=O) groups is 1. The number of alkyl halides is 2. The maximum Gasteiger partial charge on any atom is 0.387 e. The van der Waals surface area contributed by atoms with E-state index in [4.69, 9.17) is 11.6 Å². The average Bonchev–Trinajstić information content (AvgIpc) is 3.01. The molecule has 0 spiro atoms. The Kier molecular flexibility index (Phi) is 5.55. The summed E-state index contributed by atoms with van der Waals surface area (Å²) in [7, 11) is 0. The predicted octanol–water partition coefficient (Wildman–Crippen LogP) is 2.58. The van der Waals surface area contributed by atoms with E-state index in [0.717, 1.165) is 11.8 Å². The molecule has 3 aromatic rings. The number of nitrogens with zero attached hydrogens (tertiary/aromatic N) is 3. The van der Waals surface area contributed by atoms with E-state index in [1.807, 2.05) is 6.07 Å². The molecular weight excluding hydrogens is 376 g/mol. The number of nitrogens with two attached hydrogens (primary N) is 2. The Morgan fingerprint density at radius 3 is 2.33 bits per heavy atom. The van der Waals surface area contributed by atoms with Crippen molar-refractivity contribution in [3.63, 3.8) is 0 Å². The number of primary amides is 1. The van der Waals surface area contributed by atoms with Gasteiger partial charge in [0.2, 0.25) is 11.1 Å². The highest BCUT2D eigenvalue weighted by Gasteiger charge is 2.23. The fourth-order valence-electron chi connectivity index (χ4n) is 2.36. The summed E-state index contributed by atoms with van der Waals surface area (Å²) in [5.74, 6) is 5.83. The maximum absolute atomic E-state index is 12.2. The van der Waals surface area contributed by atoms with E-state index in [0.29, 0.717) is 17.0 Å². The van der Waals surface area contributed by atoms with Crippen LogP contribution in [-0.4, -0.2) is 27.4 Å². The third-order valence-electron chi connectivity index (χ3n) is 3.59. The zero-order chi connectivity index (χ0) is 19.4. The number of rotatable bonds is 7. The number of carbonyl (C=O) groups excluding carboxylic acids is 1. The molecule has 1 aromatic heterocycles. The zero-order valence-corrected chi connectivity index (χ0v) is 14.6. The van der Waals surface area contributed by atoms with Crippen molar-refractivity contribution in [1.82, 2.24) is 14.9 Å². The Balaban J connectivity index is 1.83. The van der Waals surface area contributed by atoms with Gasteiger partial charge in [0, 0.05) is 5.56 Å². The molecular formula is C17H15F2N5O2S. The number of halogens is 2. The first-order chi connectivity index (χ1) is 13.0. The second kappa shape index (κ2) is 8.04. The van der Waals surface area contributed by atoms with Crippen LogP contribution in [0.15, 0.2) is 59.8 Å². The molecule has 140 valence electrons. The summed E-state index contributed by atoms with van der Waals surface area (Å²) < 4.78 is 30.0. The van der Waals surface area contributed by atoms with E-state index < -0.39 is 17.8 Å². The van der Waals surface area contributed by atoms with Crippen molar-refractivity contribution < 1.29 is 18.3 Å². The molecule has 0 saturated heterocycles. The lowest BCUT2D eigenvalue weighted by Crippen LogP contribution is -2.20. The van der Waals surface area contributed by atoms with Crippen LogP contribution in [0.25, 0.3) is 11.4 Å². The van der Waals surface area contributed by atoms with Crippen molar-refractivity contribution >= 4 is 17.7 Å². The molecule has 0 radical (unpaired) electrons. The van der Waals surface area contributed by atoms with Gasteiger partial charge in [-0.1, -0.05) is 42.1 Å². The first-order valence-corrected chi connectivity index (χ1v) is 8.60. The van der Waals surface area contributed by atoms with Crippen LogP contribution in [0, 0.1) is 0 Å². The summed E-state index contributed by atoms with van der Waals surface area (Å²) in [5.41, 5.74) is 6.77. The number of thioether (sulfide) groups is 1. The molecule has 1 atom stereocenters. The van der Waals surface area contributed by atoms with Crippen LogP contribution in [0.2, 0.25) is 0 Å². The fourth-order valence-corrected chi connectivity index (χ4v) is 3.27. The maximum atomic E-state index is 12.2. The van der Waals surface area contributed by atoms with E-state index in [1.54, 1.807) is 24.3 Å². The SMILES string of the molecule is NC(=O)C(Sc1nnc(-c2ccc(OC(F)F)cc2)n1N)c1ccccc1. The monoisotopic (exact) mass is 391 g/mol. The molecule has 0 aliphatic carbocycles. The third kappa shape index (κ3) is 4.34. The van der Waals surface area contributed by atoms with Crippen molar-refractivity contribution in [1.29, 1.82) is 0 Å². The predicted molar refractivity (Wildman–Crippen MR) is 96.5 cm³/mol. The van der Waals surface area contributed by atoms with Gasteiger partial charge in [-0.05, 0) is 29.8 Å². The number of hydrogen-bond acceptors (Lipinski definition) is 6. The lowest BCUT2D eigenvalue weighted by atomic mass is 10.1. The fraction of sp³-hybridized carbons (Fsp3) is 0.118. The summed E-state index contributed by atoms with van der Waals surface area (Å²) in [5, 5.41) is 7.61. The minimum Gasteiger partial charge on any atom is -0.435 e.